The number of carbonyl (C=O) groups is 2. The summed E-state index contributed by atoms with van der Waals surface area (Å²) in [4.78, 5) is 24.7. The number of hydrogen-bond acceptors (Lipinski definition) is 3. The lowest BCUT2D eigenvalue weighted by atomic mass is 10.1. The molecule has 2 amide bonds. The number of carbonyl (C=O) groups excluding carboxylic acids is 2. The van der Waals surface area contributed by atoms with Crippen LogP contribution in [0.1, 0.15) is 27.1 Å². The standard InChI is InChI=1S/C18H19IN2O3/c1-24-11-5-10-20-18(23)15-8-2-3-9-16(15)21-17(22)13-6-4-7-14(19)12-13/h2-4,6-9,12H,5,10-11H2,1H3,(H,20,23)(H,21,22). The fourth-order valence-electron chi connectivity index (χ4n) is 2.13. The van der Waals surface area contributed by atoms with Crippen molar-refractivity contribution in [2.24, 2.45) is 0 Å². The van der Waals surface area contributed by atoms with E-state index in [1.165, 1.54) is 0 Å². The van der Waals surface area contributed by atoms with Gasteiger partial charge in [-0.15, -0.1) is 0 Å². The summed E-state index contributed by atoms with van der Waals surface area (Å²) in [6, 6.07) is 14.2. The van der Waals surface area contributed by atoms with Crippen molar-refractivity contribution in [3.8, 4) is 0 Å². The van der Waals surface area contributed by atoms with Crippen LogP contribution in [0.15, 0.2) is 48.5 Å². The highest BCUT2D eigenvalue weighted by Gasteiger charge is 2.13. The Morgan fingerprint density at radius 1 is 1.08 bits per heavy atom. The van der Waals surface area contributed by atoms with Crippen molar-refractivity contribution >= 4 is 40.1 Å². The summed E-state index contributed by atoms with van der Waals surface area (Å²) in [5.41, 5.74) is 1.48. The molecule has 0 aliphatic heterocycles. The number of methoxy groups -OCH3 is 1. The topological polar surface area (TPSA) is 67.4 Å². The fraction of sp³-hybridized carbons (Fsp3) is 0.222. The molecule has 0 saturated carbocycles. The maximum absolute atomic E-state index is 12.4. The second-order valence-corrected chi connectivity index (χ2v) is 6.36. The Kier molecular flexibility index (Phi) is 7.20. The SMILES string of the molecule is COCCCNC(=O)c1ccccc1NC(=O)c1cccc(I)c1. The molecular formula is C18H19IN2O3. The van der Waals surface area contributed by atoms with Crippen molar-refractivity contribution in [3.63, 3.8) is 0 Å². The predicted molar refractivity (Wildman–Crippen MR) is 102 cm³/mol. The van der Waals surface area contributed by atoms with E-state index in [1.54, 1.807) is 43.5 Å². The van der Waals surface area contributed by atoms with Gasteiger partial charge in [-0.1, -0.05) is 18.2 Å². The van der Waals surface area contributed by atoms with Crippen LogP contribution in [-0.4, -0.2) is 32.1 Å². The van der Waals surface area contributed by atoms with Gasteiger partial charge in [0, 0.05) is 29.4 Å². The maximum atomic E-state index is 12.4. The molecule has 0 fully saturated rings. The first-order valence-corrected chi connectivity index (χ1v) is 8.63. The number of para-hydroxylation sites is 1. The van der Waals surface area contributed by atoms with E-state index in [0.29, 0.717) is 30.0 Å². The molecule has 126 valence electrons. The van der Waals surface area contributed by atoms with Crippen molar-refractivity contribution in [2.75, 3.05) is 25.6 Å². The highest BCUT2D eigenvalue weighted by atomic mass is 127. The Morgan fingerprint density at radius 3 is 2.62 bits per heavy atom. The quantitative estimate of drug-likeness (QED) is 0.515. The van der Waals surface area contributed by atoms with E-state index in [1.807, 2.05) is 12.1 Å². The summed E-state index contributed by atoms with van der Waals surface area (Å²) in [7, 11) is 1.62. The molecule has 0 aliphatic carbocycles. The zero-order valence-corrected chi connectivity index (χ0v) is 15.5. The lowest BCUT2D eigenvalue weighted by Gasteiger charge is -2.11. The van der Waals surface area contributed by atoms with Crippen LogP contribution in [-0.2, 0) is 4.74 Å². The fourth-order valence-corrected chi connectivity index (χ4v) is 2.67. The minimum absolute atomic E-state index is 0.218. The second-order valence-electron chi connectivity index (χ2n) is 5.11. The third-order valence-corrected chi connectivity index (χ3v) is 3.99. The minimum atomic E-state index is -0.242. The number of benzene rings is 2. The third kappa shape index (κ3) is 5.31. The van der Waals surface area contributed by atoms with E-state index < -0.39 is 0 Å². The van der Waals surface area contributed by atoms with Crippen LogP contribution in [0.2, 0.25) is 0 Å². The molecule has 0 unspecified atom stereocenters. The molecule has 0 aromatic heterocycles. The van der Waals surface area contributed by atoms with Crippen molar-refractivity contribution in [3.05, 3.63) is 63.2 Å². The van der Waals surface area contributed by atoms with Crippen molar-refractivity contribution in [2.45, 2.75) is 6.42 Å². The van der Waals surface area contributed by atoms with Gasteiger partial charge >= 0.3 is 0 Å². The van der Waals surface area contributed by atoms with Crippen LogP contribution in [0.3, 0.4) is 0 Å². The summed E-state index contributed by atoms with van der Waals surface area (Å²) in [6.45, 7) is 1.11. The number of ether oxygens (including phenoxy) is 1. The summed E-state index contributed by atoms with van der Waals surface area (Å²) in [5, 5.41) is 5.63. The first kappa shape index (κ1) is 18.4. The van der Waals surface area contributed by atoms with Gasteiger partial charge in [0.25, 0.3) is 11.8 Å². The zero-order valence-electron chi connectivity index (χ0n) is 13.3. The van der Waals surface area contributed by atoms with Gasteiger partial charge in [-0.25, -0.2) is 0 Å². The highest BCUT2D eigenvalue weighted by Crippen LogP contribution is 2.17. The molecule has 0 heterocycles. The van der Waals surface area contributed by atoms with Gasteiger partial charge in [0.2, 0.25) is 0 Å². The number of amides is 2. The molecule has 2 aromatic rings. The summed E-state index contributed by atoms with van der Waals surface area (Å²) < 4.78 is 5.93. The maximum Gasteiger partial charge on any atom is 0.255 e. The second kappa shape index (κ2) is 9.39. The molecular weight excluding hydrogens is 419 g/mol. The Hall–Kier alpha value is -1.93. The molecule has 0 aliphatic rings. The molecule has 2 rings (SSSR count). The van der Waals surface area contributed by atoms with E-state index in [2.05, 4.69) is 33.2 Å². The van der Waals surface area contributed by atoms with Gasteiger partial charge < -0.3 is 15.4 Å². The van der Waals surface area contributed by atoms with Gasteiger partial charge in [-0.05, 0) is 59.3 Å². The molecule has 0 spiro atoms. The molecule has 2 N–H and O–H groups in total. The van der Waals surface area contributed by atoms with Gasteiger partial charge in [0.15, 0.2) is 0 Å². The molecule has 0 saturated heterocycles. The van der Waals surface area contributed by atoms with E-state index >= 15 is 0 Å². The monoisotopic (exact) mass is 438 g/mol. The van der Waals surface area contributed by atoms with Crippen LogP contribution in [0.5, 0.6) is 0 Å². The Morgan fingerprint density at radius 2 is 1.88 bits per heavy atom. The molecule has 6 heteroatoms. The van der Waals surface area contributed by atoms with E-state index in [9.17, 15) is 9.59 Å². The number of anilines is 1. The average molecular weight is 438 g/mol. The first-order chi connectivity index (χ1) is 11.6. The molecule has 0 radical (unpaired) electrons. The highest BCUT2D eigenvalue weighted by molar-refractivity contribution is 14.1. The third-order valence-electron chi connectivity index (χ3n) is 3.32. The largest absolute Gasteiger partial charge is 0.385 e. The summed E-state index contributed by atoms with van der Waals surface area (Å²) >= 11 is 2.15. The molecule has 24 heavy (non-hydrogen) atoms. The van der Waals surface area contributed by atoms with E-state index in [0.717, 1.165) is 9.99 Å². The van der Waals surface area contributed by atoms with Crippen LogP contribution < -0.4 is 10.6 Å². The van der Waals surface area contributed by atoms with Gasteiger partial charge in [0.05, 0.1) is 11.3 Å². The normalized spacial score (nSPS) is 10.2. The van der Waals surface area contributed by atoms with Crippen molar-refractivity contribution < 1.29 is 14.3 Å². The first-order valence-electron chi connectivity index (χ1n) is 7.55. The number of halogens is 1. The summed E-state index contributed by atoms with van der Waals surface area (Å²) in [6.07, 6.45) is 0.735. The van der Waals surface area contributed by atoms with Crippen molar-refractivity contribution in [1.82, 2.24) is 5.32 Å². The molecule has 2 aromatic carbocycles. The van der Waals surface area contributed by atoms with Crippen molar-refractivity contribution in [1.29, 1.82) is 0 Å². The summed E-state index contributed by atoms with van der Waals surface area (Å²) in [5.74, 6) is -0.460. The molecule has 0 atom stereocenters. The molecule has 0 bridgehead atoms. The average Bonchev–Trinajstić information content (AvgIpc) is 2.59. The minimum Gasteiger partial charge on any atom is -0.385 e. The van der Waals surface area contributed by atoms with Gasteiger partial charge in [0.1, 0.15) is 0 Å². The van der Waals surface area contributed by atoms with E-state index in [4.69, 9.17) is 4.74 Å². The van der Waals surface area contributed by atoms with Crippen LogP contribution in [0.4, 0.5) is 5.69 Å². The lowest BCUT2D eigenvalue weighted by Crippen LogP contribution is -2.26. The number of nitrogens with one attached hydrogen (secondary N) is 2. The number of hydrogen-bond donors (Lipinski definition) is 2. The Bertz CT molecular complexity index is 719. The van der Waals surface area contributed by atoms with Crippen LogP contribution in [0, 0.1) is 3.57 Å². The van der Waals surface area contributed by atoms with Crippen LogP contribution in [0.25, 0.3) is 0 Å². The number of rotatable bonds is 7. The predicted octanol–water partition coefficient (Wildman–Crippen LogP) is 3.31. The van der Waals surface area contributed by atoms with Gasteiger partial charge in [-0.2, -0.15) is 0 Å². The zero-order chi connectivity index (χ0) is 17.4. The van der Waals surface area contributed by atoms with E-state index in [-0.39, 0.29) is 11.8 Å². The van der Waals surface area contributed by atoms with Gasteiger partial charge in [-0.3, -0.25) is 9.59 Å². The van der Waals surface area contributed by atoms with Crippen LogP contribution >= 0.6 is 22.6 Å². The molecule has 5 nitrogen and oxygen atoms in total. The smallest absolute Gasteiger partial charge is 0.255 e. The Balaban J connectivity index is 2.08. The lowest BCUT2D eigenvalue weighted by molar-refractivity contribution is 0.0949. The Labute approximate surface area is 154 Å².